The summed E-state index contributed by atoms with van der Waals surface area (Å²) in [6.07, 6.45) is 4.04. The van der Waals surface area contributed by atoms with E-state index in [1.54, 1.807) is 12.0 Å². The highest BCUT2D eigenvalue weighted by atomic mass is 16.6. The Kier molecular flexibility index (Phi) is 6.26. The molecule has 5 heteroatoms. The molecule has 0 aromatic heterocycles. The summed E-state index contributed by atoms with van der Waals surface area (Å²) in [5, 5.41) is 0. The summed E-state index contributed by atoms with van der Waals surface area (Å²) in [7, 11) is 1.67. The number of carbonyl (C=O) groups is 1. The Morgan fingerprint density at radius 1 is 1.21 bits per heavy atom. The minimum atomic E-state index is -0.437. The van der Waals surface area contributed by atoms with E-state index in [-0.39, 0.29) is 6.09 Å². The molecule has 0 atom stereocenters. The van der Waals surface area contributed by atoms with Gasteiger partial charge in [-0.2, -0.15) is 0 Å². The highest BCUT2D eigenvalue weighted by Gasteiger charge is 2.25. The fourth-order valence-electron chi connectivity index (χ4n) is 2.52. The fraction of sp³-hybridized carbons (Fsp3) is 0.526. The van der Waals surface area contributed by atoms with E-state index in [0.717, 1.165) is 30.9 Å². The van der Waals surface area contributed by atoms with Gasteiger partial charge in [-0.1, -0.05) is 24.3 Å². The van der Waals surface area contributed by atoms with Crippen molar-refractivity contribution in [1.29, 1.82) is 0 Å². The second-order valence-corrected chi connectivity index (χ2v) is 6.95. The van der Waals surface area contributed by atoms with Crippen molar-refractivity contribution in [3.63, 3.8) is 0 Å². The van der Waals surface area contributed by atoms with E-state index < -0.39 is 5.60 Å². The molecular formula is C19H28N2O3. The van der Waals surface area contributed by atoms with Gasteiger partial charge in [0.25, 0.3) is 0 Å². The molecular weight excluding hydrogens is 304 g/mol. The van der Waals surface area contributed by atoms with Crippen molar-refractivity contribution in [2.75, 3.05) is 39.8 Å². The molecule has 1 aliphatic heterocycles. The Hall–Kier alpha value is -2.01. The van der Waals surface area contributed by atoms with Crippen LogP contribution in [0.3, 0.4) is 0 Å². The Labute approximate surface area is 144 Å². The van der Waals surface area contributed by atoms with Crippen molar-refractivity contribution in [3.8, 4) is 5.75 Å². The molecule has 0 spiro atoms. The van der Waals surface area contributed by atoms with Crippen LogP contribution in [0.1, 0.15) is 26.3 Å². The van der Waals surface area contributed by atoms with E-state index in [4.69, 9.17) is 9.47 Å². The predicted molar refractivity (Wildman–Crippen MR) is 96.3 cm³/mol. The number of benzene rings is 1. The van der Waals surface area contributed by atoms with E-state index in [2.05, 4.69) is 23.1 Å². The first-order valence-electron chi connectivity index (χ1n) is 8.38. The molecule has 24 heavy (non-hydrogen) atoms. The van der Waals surface area contributed by atoms with E-state index in [1.807, 2.05) is 39.0 Å². The van der Waals surface area contributed by atoms with Gasteiger partial charge in [0.05, 0.1) is 7.11 Å². The zero-order valence-corrected chi connectivity index (χ0v) is 15.1. The number of nitrogens with zero attached hydrogens (tertiary/aromatic N) is 2. The van der Waals surface area contributed by atoms with Gasteiger partial charge in [-0.15, -0.1) is 0 Å². The molecule has 0 N–H and O–H groups in total. The van der Waals surface area contributed by atoms with E-state index in [1.165, 1.54) is 0 Å². The quantitative estimate of drug-likeness (QED) is 0.849. The van der Waals surface area contributed by atoms with Crippen LogP contribution in [0.2, 0.25) is 0 Å². The molecule has 0 radical (unpaired) electrons. The van der Waals surface area contributed by atoms with E-state index in [9.17, 15) is 4.79 Å². The minimum absolute atomic E-state index is 0.214. The monoisotopic (exact) mass is 332 g/mol. The first-order chi connectivity index (χ1) is 11.4. The average molecular weight is 332 g/mol. The van der Waals surface area contributed by atoms with Crippen LogP contribution in [-0.2, 0) is 4.74 Å². The third kappa shape index (κ3) is 5.89. The van der Waals surface area contributed by atoms with Gasteiger partial charge in [0, 0.05) is 32.7 Å². The van der Waals surface area contributed by atoms with Crippen LogP contribution in [0, 0.1) is 0 Å². The maximum atomic E-state index is 12.0. The standard InChI is InChI=1S/C19H28N2O3/c1-19(2,3)24-18(22)21-13-11-20(12-14-21)10-6-8-16-7-5-9-17(15-16)23-4/h5-9,15H,10-14H2,1-4H3/b8-6+. The normalized spacial score (nSPS) is 16.4. The molecule has 1 saturated heterocycles. The lowest BCUT2D eigenvalue weighted by Crippen LogP contribution is -2.49. The lowest BCUT2D eigenvalue weighted by molar-refractivity contribution is 0.0154. The Morgan fingerprint density at radius 2 is 1.92 bits per heavy atom. The van der Waals surface area contributed by atoms with Crippen LogP contribution in [0.15, 0.2) is 30.3 Å². The molecule has 1 aromatic rings. The van der Waals surface area contributed by atoms with Gasteiger partial charge < -0.3 is 14.4 Å². The van der Waals surface area contributed by atoms with Crippen LogP contribution < -0.4 is 4.74 Å². The maximum absolute atomic E-state index is 12.0. The summed E-state index contributed by atoms with van der Waals surface area (Å²) in [5.74, 6) is 0.864. The van der Waals surface area contributed by atoms with Crippen LogP contribution in [0.4, 0.5) is 4.79 Å². The van der Waals surface area contributed by atoms with Crippen LogP contribution in [0.25, 0.3) is 6.08 Å². The molecule has 0 unspecified atom stereocenters. The van der Waals surface area contributed by atoms with Crippen molar-refractivity contribution in [3.05, 3.63) is 35.9 Å². The van der Waals surface area contributed by atoms with E-state index in [0.29, 0.717) is 13.1 Å². The predicted octanol–water partition coefficient (Wildman–Crippen LogP) is 3.26. The molecule has 1 fully saturated rings. The van der Waals surface area contributed by atoms with Crippen LogP contribution in [-0.4, -0.2) is 61.3 Å². The largest absolute Gasteiger partial charge is 0.497 e. The van der Waals surface area contributed by atoms with Gasteiger partial charge >= 0.3 is 6.09 Å². The highest BCUT2D eigenvalue weighted by molar-refractivity contribution is 5.68. The highest BCUT2D eigenvalue weighted by Crippen LogP contribution is 2.14. The summed E-state index contributed by atoms with van der Waals surface area (Å²) in [4.78, 5) is 16.2. The Balaban J connectivity index is 1.76. The Bertz CT molecular complexity index is 570. The molecule has 0 saturated carbocycles. The number of hydrogen-bond acceptors (Lipinski definition) is 4. The zero-order chi connectivity index (χ0) is 17.6. The Morgan fingerprint density at radius 3 is 2.54 bits per heavy atom. The molecule has 1 amide bonds. The lowest BCUT2D eigenvalue weighted by Gasteiger charge is -2.35. The molecule has 132 valence electrons. The van der Waals surface area contributed by atoms with Gasteiger partial charge in [0.1, 0.15) is 11.4 Å². The molecule has 1 aliphatic rings. The second kappa shape index (κ2) is 8.20. The number of hydrogen-bond donors (Lipinski definition) is 0. The van der Waals surface area contributed by atoms with Crippen molar-refractivity contribution in [2.24, 2.45) is 0 Å². The van der Waals surface area contributed by atoms with Crippen molar-refractivity contribution in [2.45, 2.75) is 26.4 Å². The lowest BCUT2D eigenvalue weighted by atomic mass is 10.2. The smallest absolute Gasteiger partial charge is 0.410 e. The molecule has 1 aromatic carbocycles. The average Bonchev–Trinajstić information content (AvgIpc) is 2.54. The molecule has 0 bridgehead atoms. The summed E-state index contributed by atoms with van der Waals surface area (Å²) < 4.78 is 10.6. The minimum Gasteiger partial charge on any atom is -0.497 e. The van der Waals surface area contributed by atoms with Crippen molar-refractivity contribution in [1.82, 2.24) is 9.80 Å². The molecule has 1 heterocycles. The number of rotatable bonds is 4. The molecule has 5 nitrogen and oxygen atoms in total. The number of ether oxygens (including phenoxy) is 2. The second-order valence-electron chi connectivity index (χ2n) is 6.95. The summed E-state index contributed by atoms with van der Waals surface area (Å²) in [6, 6.07) is 7.99. The van der Waals surface area contributed by atoms with Crippen LogP contribution >= 0.6 is 0 Å². The van der Waals surface area contributed by atoms with Crippen molar-refractivity contribution >= 4 is 12.2 Å². The first-order valence-corrected chi connectivity index (χ1v) is 8.38. The van der Waals surface area contributed by atoms with E-state index >= 15 is 0 Å². The SMILES string of the molecule is COc1cccc(/C=C/CN2CCN(C(=O)OC(C)(C)C)CC2)c1. The van der Waals surface area contributed by atoms with Gasteiger partial charge in [0.2, 0.25) is 0 Å². The molecule has 0 aliphatic carbocycles. The number of piperazine rings is 1. The van der Waals surface area contributed by atoms with Crippen LogP contribution in [0.5, 0.6) is 5.75 Å². The third-order valence-electron chi connectivity index (χ3n) is 3.79. The topological polar surface area (TPSA) is 42.0 Å². The zero-order valence-electron chi connectivity index (χ0n) is 15.1. The maximum Gasteiger partial charge on any atom is 0.410 e. The van der Waals surface area contributed by atoms with Crippen molar-refractivity contribution < 1.29 is 14.3 Å². The van der Waals surface area contributed by atoms with Gasteiger partial charge in [-0.05, 0) is 38.5 Å². The number of methoxy groups -OCH3 is 1. The van der Waals surface area contributed by atoms with Gasteiger partial charge in [-0.3, -0.25) is 4.90 Å². The fourth-order valence-corrected chi connectivity index (χ4v) is 2.52. The summed E-state index contributed by atoms with van der Waals surface area (Å²) in [6.45, 7) is 9.70. The van der Waals surface area contributed by atoms with Gasteiger partial charge in [0.15, 0.2) is 0 Å². The number of amides is 1. The molecule has 2 rings (SSSR count). The van der Waals surface area contributed by atoms with Gasteiger partial charge in [-0.25, -0.2) is 4.79 Å². The third-order valence-corrected chi connectivity index (χ3v) is 3.79. The first kappa shape index (κ1) is 18.3. The number of carbonyl (C=O) groups excluding carboxylic acids is 1. The summed E-state index contributed by atoms with van der Waals surface area (Å²) >= 11 is 0. The summed E-state index contributed by atoms with van der Waals surface area (Å²) in [5.41, 5.74) is 0.690.